The van der Waals surface area contributed by atoms with Gasteiger partial charge in [-0.05, 0) is 74.5 Å². The van der Waals surface area contributed by atoms with E-state index in [-0.39, 0.29) is 34.8 Å². The summed E-state index contributed by atoms with van der Waals surface area (Å²) in [5.41, 5.74) is 0.0458. The number of benzene rings is 2. The number of rotatable bonds is 11. The van der Waals surface area contributed by atoms with E-state index in [0.29, 0.717) is 43.6 Å². The Morgan fingerprint density at radius 2 is 1.59 bits per heavy atom. The Morgan fingerprint density at radius 1 is 0.977 bits per heavy atom. The fourth-order valence-electron chi connectivity index (χ4n) is 6.64. The third-order valence-corrected chi connectivity index (χ3v) is 9.31. The van der Waals surface area contributed by atoms with E-state index in [1.165, 1.54) is 12.1 Å². The number of alkyl halides is 3. The molecule has 0 bridgehead atoms. The molecule has 0 unspecified atom stereocenters. The maximum atomic E-state index is 14.1. The first-order valence-corrected chi connectivity index (χ1v) is 15.6. The summed E-state index contributed by atoms with van der Waals surface area (Å²) in [6.45, 7) is 8.52. The first-order chi connectivity index (χ1) is 20.6. The smallest absolute Gasteiger partial charge is 0.416 e. The van der Waals surface area contributed by atoms with E-state index in [1.54, 1.807) is 17.0 Å². The molecular weight excluding hydrogens is 569 g/mol. The number of nitrogens with zero attached hydrogens (tertiary/aromatic N) is 2. The van der Waals surface area contributed by atoms with Gasteiger partial charge >= 0.3 is 12.1 Å². The summed E-state index contributed by atoms with van der Waals surface area (Å²) in [5.74, 6) is -0.746. The van der Waals surface area contributed by atoms with E-state index in [2.05, 4.69) is 20.8 Å². The highest BCUT2D eigenvalue weighted by atomic mass is 19.4. The van der Waals surface area contributed by atoms with Gasteiger partial charge in [0.25, 0.3) is 5.91 Å². The quantitative estimate of drug-likeness (QED) is 0.203. The van der Waals surface area contributed by atoms with Crippen molar-refractivity contribution in [3.8, 4) is 0 Å². The van der Waals surface area contributed by atoms with E-state index in [0.717, 1.165) is 43.4 Å². The highest BCUT2D eigenvalue weighted by Crippen LogP contribution is 2.49. The summed E-state index contributed by atoms with van der Waals surface area (Å²) in [5, 5.41) is 8.75. The zero-order valence-electron chi connectivity index (χ0n) is 26.0. The lowest BCUT2D eigenvalue weighted by molar-refractivity contribution is -0.138. The number of hydrogen-bond acceptors (Lipinski definition) is 4. The minimum atomic E-state index is -4.53. The number of carboxylic acid groups (broad SMARTS) is 1. The lowest BCUT2D eigenvalue weighted by atomic mass is 9.69. The summed E-state index contributed by atoms with van der Waals surface area (Å²) in [4.78, 5) is 44.2. The van der Waals surface area contributed by atoms with Crippen LogP contribution in [-0.2, 0) is 15.8 Å². The van der Waals surface area contributed by atoms with Gasteiger partial charge in [-0.25, -0.2) is 0 Å². The Balaban J connectivity index is 1.55. The van der Waals surface area contributed by atoms with Crippen LogP contribution in [0.5, 0.6) is 0 Å². The maximum absolute atomic E-state index is 14.1. The van der Waals surface area contributed by atoms with Gasteiger partial charge in [-0.1, -0.05) is 70.0 Å². The third kappa shape index (κ3) is 7.59. The molecule has 9 heteroatoms. The summed E-state index contributed by atoms with van der Waals surface area (Å²) >= 11 is 0. The summed E-state index contributed by atoms with van der Waals surface area (Å²) in [6, 6.07) is 11.6. The van der Waals surface area contributed by atoms with Crippen molar-refractivity contribution >= 4 is 23.4 Å². The maximum Gasteiger partial charge on any atom is 0.416 e. The van der Waals surface area contributed by atoms with Crippen molar-refractivity contribution in [2.75, 3.05) is 0 Å². The predicted molar refractivity (Wildman–Crippen MR) is 163 cm³/mol. The van der Waals surface area contributed by atoms with E-state index < -0.39 is 29.4 Å². The molecule has 0 radical (unpaired) electrons. The molecule has 1 spiro atoms. The molecule has 44 heavy (non-hydrogen) atoms. The van der Waals surface area contributed by atoms with Crippen LogP contribution in [0.1, 0.15) is 125 Å². The zero-order chi connectivity index (χ0) is 32.3. The summed E-state index contributed by atoms with van der Waals surface area (Å²) < 4.78 is 40.6. The van der Waals surface area contributed by atoms with E-state index in [9.17, 15) is 27.6 Å². The highest BCUT2D eigenvalue weighted by molar-refractivity contribution is 6.46. The minimum Gasteiger partial charge on any atom is -0.481 e. The molecule has 1 atom stereocenters. The molecule has 4 rings (SSSR count). The Morgan fingerprint density at radius 3 is 2.16 bits per heavy atom. The second kappa shape index (κ2) is 13.2. The molecule has 1 saturated carbocycles. The van der Waals surface area contributed by atoms with Crippen LogP contribution < -0.4 is 0 Å². The molecule has 238 valence electrons. The Hall–Kier alpha value is -3.49. The van der Waals surface area contributed by atoms with Crippen LogP contribution in [0.2, 0.25) is 0 Å². The number of halogens is 3. The van der Waals surface area contributed by atoms with Gasteiger partial charge in [0.05, 0.1) is 11.6 Å². The van der Waals surface area contributed by atoms with Gasteiger partial charge in [0.1, 0.15) is 11.4 Å². The number of hydrogen-bond donors (Lipinski definition) is 1. The van der Waals surface area contributed by atoms with E-state index in [4.69, 9.17) is 10.1 Å². The first kappa shape index (κ1) is 33.4. The van der Waals surface area contributed by atoms with Gasteiger partial charge in [0.15, 0.2) is 5.78 Å². The van der Waals surface area contributed by atoms with Crippen molar-refractivity contribution in [2.45, 2.75) is 110 Å². The van der Waals surface area contributed by atoms with Crippen LogP contribution in [0.25, 0.3) is 0 Å². The molecule has 2 aromatic rings. The summed E-state index contributed by atoms with van der Waals surface area (Å²) in [7, 11) is 0. The Labute approximate surface area is 257 Å². The molecule has 0 saturated heterocycles. The number of unbranched alkanes of at least 4 members (excludes halogenated alkanes) is 3. The predicted octanol–water partition coefficient (Wildman–Crippen LogP) is 8.64. The number of carbonyl (C=O) groups excluding carboxylic acids is 2. The van der Waals surface area contributed by atoms with E-state index in [1.807, 2.05) is 19.1 Å². The fraction of sp³-hybridized carbons (Fsp3) is 0.543. The highest BCUT2D eigenvalue weighted by Gasteiger charge is 2.52. The van der Waals surface area contributed by atoms with Gasteiger partial charge < -0.3 is 10.0 Å². The van der Waals surface area contributed by atoms with Crippen LogP contribution in [-0.4, -0.2) is 39.0 Å². The zero-order valence-corrected chi connectivity index (χ0v) is 26.0. The van der Waals surface area contributed by atoms with Crippen LogP contribution in [0.15, 0.2) is 53.5 Å². The fourth-order valence-corrected chi connectivity index (χ4v) is 6.64. The molecule has 1 aliphatic carbocycles. The van der Waals surface area contributed by atoms with Crippen molar-refractivity contribution in [3.63, 3.8) is 0 Å². The van der Waals surface area contributed by atoms with Gasteiger partial charge in [0, 0.05) is 24.0 Å². The van der Waals surface area contributed by atoms with E-state index >= 15 is 0 Å². The number of aliphatic carboxylic acids is 1. The SMILES string of the molecule is C[C@H](c1ccc(C(=O)CCCCCCC(=O)O)cc1)N1C(=O)C(c2cccc(C(F)(F)F)c2)=NC12CCC(C(C)(C)C)CC2. The average Bonchev–Trinajstić information content (AvgIpc) is 3.24. The van der Waals surface area contributed by atoms with Crippen LogP contribution in [0.4, 0.5) is 13.2 Å². The summed E-state index contributed by atoms with van der Waals surface area (Å²) in [6.07, 6.45) is 1.76. The van der Waals surface area contributed by atoms with Crippen LogP contribution >= 0.6 is 0 Å². The van der Waals surface area contributed by atoms with Crippen molar-refractivity contribution < 1.29 is 32.7 Å². The van der Waals surface area contributed by atoms with Gasteiger partial charge in [-0.2, -0.15) is 13.2 Å². The van der Waals surface area contributed by atoms with Crippen molar-refractivity contribution in [1.29, 1.82) is 0 Å². The molecule has 1 fully saturated rings. The van der Waals surface area contributed by atoms with Crippen molar-refractivity contribution in [3.05, 3.63) is 70.8 Å². The van der Waals surface area contributed by atoms with Crippen LogP contribution in [0, 0.1) is 11.3 Å². The number of amides is 1. The molecule has 1 amide bonds. The lowest BCUT2D eigenvalue weighted by Gasteiger charge is -2.46. The monoisotopic (exact) mass is 612 g/mol. The molecule has 6 nitrogen and oxygen atoms in total. The molecule has 1 aliphatic heterocycles. The van der Waals surface area contributed by atoms with Gasteiger partial charge in [0.2, 0.25) is 0 Å². The third-order valence-electron chi connectivity index (χ3n) is 9.31. The standard InChI is InChI=1S/C35H43F3N2O4/c1-23(24-14-16-25(17-15-24)29(41)12-7-5-6-8-13-30(42)43)40-32(44)31(26-10-9-11-28(22-26)35(36,37)38)39-34(40)20-18-27(19-21-34)33(2,3)4/h9-11,14-17,22-23,27H,5-8,12-13,18-21H2,1-4H3,(H,42,43)/t23-,27?,34?/m1/s1. The molecule has 0 aromatic heterocycles. The first-order valence-electron chi connectivity index (χ1n) is 15.6. The minimum absolute atomic E-state index is 0.00632. The number of carboxylic acids is 1. The topological polar surface area (TPSA) is 87.0 Å². The molecule has 2 aliphatic rings. The Bertz CT molecular complexity index is 1380. The Kier molecular flexibility index (Phi) is 10.1. The van der Waals surface area contributed by atoms with Crippen LogP contribution in [0.3, 0.4) is 0 Å². The number of carbonyl (C=O) groups is 3. The number of Topliss-reactive ketones (excluding diaryl/α,β-unsaturated/α-hetero) is 1. The second-order valence-corrected chi connectivity index (χ2v) is 13.4. The lowest BCUT2D eigenvalue weighted by Crippen LogP contribution is -2.50. The average molecular weight is 613 g/mol. The molecular formula is C35H43F3N2O4. The largest absolute Gasteiger partial charge is 0.481 e. The molecule has 1 N–H and O–H groups in total. The molecule has 2 aromatic carbocycles. The normalized spacial score (nSPS) is 21.4. The van der Waals surface area contributed by atoms with Gasteiger partial charge in [-0.3, -0.25) is 19.4 Å². The van der Waals surface area contributed by atoms with Crippen molar-refractivity contribution in [1.82, 2.24) is 4.90 Å². The molecule has 1 heterocycles. The number of aliphatic imine (C=N–C) groups is 1. The number of ketones is 1. The second-order valence-electron chi connectivity index (χ2n) is 13.4. The van der Waals surface area contributed by atoms with Gasteiger partial charge in [-0.15, -0.1) is 0 Å². The van der Waals surface area contributed by atoms with Crippen molar-refractivity contribution in [2.24, 2.45) is 16.3 Å².